The Balaban J connectivity index is 2.24. The molecule has 2 aromatic rings. The van der Waals surface area contributed by atoms with Gasteiger partial charge in [-0.05, 0) is 43.2 Å². The number of nitrogens with zero attached hydrogens (tertiary/aromatic N) is 1. The van der Waals surface area contributed by atoms with Gasteiger partial charge in [-0.15, -0.1) is 0 Å². The molecule has 2 rings (SSSR count). The van der Waals surface area contributed by atoms with Crippen LogP contribution in [0.4, 0.5) is 5.69 Å². The maximum atomic E-state index is 12.0. The summed E-state index contributed by atoms with van der Waals surface area (Å²) in [6.07, 6.45) is 1.60. The van der Waals surface area contributed by atoms with E-state index in [9.17, 15) is 4.79 Å². The van der Waals surface area contributed by atoms with Crippen molar-refractivity contribution in [1.82, 2.24) is 4.98 Å². The van der Waals surface area contributed by atoms with E-state index in [1.807, 2.05) is 32.0 Å². The van der Waals surface area contributed by atoms with Gasteiger partial charge in [-0.1, -0.05) is 28.1 Å². The van der Waals surface area contributed by atoms with Crippen molar-refractivity contribution in [2.75, 3.05) is 5.32 Å². The average molecular weight is 305 g/mol. The van der Waals surface area contributed by atoms with E-state index in [1.165, 1.54) is 0 Å². The van der Waals surface area contributed by atoms with Gasteiger partial charge in [0, 0.05) is 16.4 Å². The van der Waals surface area contributed by atoms with Crippen LogP contribution in [0.25, 0.3) is 0 Å². The van der Waals surface area contributed by atoms with Crippen molar-refractivity contribution in [2.24, 2.45) is 0 Å². The zero-order chi connectivity index (χ0) is 13.1. The monoisotopic (exact) mass is 304 g/mol. The summed E-state index contributed by atoms with van der Waals surface area (Å²) in [5.74, 6) is -0.204. The Hall–Kier alpha value is -1.68. The molecule has 0 unspecified atom stereocenters. The molecule has 0 aliphatic carbocycles. The lowest BCUT2D eigenvalue weighted by atomic mass is 10.1. The summed E-state index contributed by atoms with van der Waals surface area (Å²) in [5, 5.41) is 2.87. The number of hydrogen-bond acceptors (Lipinski definition) is 2. The van der Waals surface area contributed by atoms with Crippen LogP contribution in [0.2, 0.25) is 0 Å². The fourth-order valence-corrected chi connectivity index (χ4v) is 1.94. The minimum atomic E-state index is -0.204. The van der Waals surface area contributed by atoms with Crippen molar-refractivity contribution in [2.45, 2.75) is 13.8 Å². The lowest BCUT2D eigenvalue weighted by Crippen LogP contribution is -2.14. The number of nitrogens with one attached hydrogen (secondary N) is 1. The number of amides is 1. The molecule has 1 amide bonds. The minimum absolute atomic E-state index is 0.204. The third-order valence-electron chi connectivity index (χ3n) is 2.81. The standard InChI is InChI=1S/C14H13BrN2O/c1-9-4-3-5-12(10(9)2)17-14(18)13-8-11(15)6-7-16-13/h3-8H,1-2H3,(H,17,18). The van der Waals surface area contributed by atoms with Crippen LogP contribution in [0.5, 0.6) is 0 Å². The van der Waals surface area contributed by atoms with Gasteiger partial charge in [-0.2, -0.15) is 0 Å². The Kier molecular flexibility index (Phi) is 3.77. The first-order valence-electron chi connectivity index (χ1n) is 5.57. The lowest BCUT2D eigenvalue weighted by molar-refractivity contribution is 0.102. The number of rotatable bonds is 2. The summed E-state index contributed by atoms with van der Waals surface area (Å²) >= 11 is 3.32. The second-order valence-corrected chi connectivity index (χ2v) is 4.98. The summed E-state index contributed by atoms with van der Waals surface area (Å²) < 4.78 is 0.837. The molecule has 92 valence electrons. The molecule has 18 heavy (non-hydrogen) atoms. The molecule has 0 saturated carbocycles. The maximum absolute atomic E-state index is 12.0. The van der Waals surface area contributed by atoms with Gasteiger partial charge in [0.1, 0.15) is 5.69 Å². The van der Waals surface area contributed by atoms with Crippen LogP contribution in [0, 0.1) is 13.8 Å². The Labute approximate surface area is 114 Å². The maximum Gasteiger partial charge on any atom is 0.274 e. The van der Waals surface area contributed by atoms with E-state index in [4.69, 9.17) is 0 Å². The van der Waals surface area contributed by atoms with E-state index < -0.39 is 0 Å². The van der Waals surface area contributed by atoms with E-state index in [2.05, 4.69) is 26.2 Å². The number of carbonyl (C=O) groups is 1. The van der Waals surface area contributed by atoms with Crippen molar-refractivity contribution in [3.63, 3.8) is 0 Å². The van der Waals surface area contributed by atoms with Gasteiger partial charge in [0.2, 0.25) is 0 Å². The van der Waals surface area contributed by atoms with E-state index in [0.717, 1.165) is 21.3 Å². The van der Waals surface area contributed by atoms with Crippen molar-refractivity contribution in [3.05, 3.63) is 57.8 Å². The zero-order valence-corrected chi connectivity index (χ0v) is 11.8. The van der Waals surface area contributed by atoms with Crippen LogP contribution in [0.3, 0.4) is 0 Å². The fourth-order valence-electron chi connectivity index (χ4n) is 1.60. The van der Waals surface area contributed by atoms with Crippen LogP contribution >= 0.6 is 15.9 Å². The largest absolute Gasteiger partial charge is 0.320 e. The van der Waals surface area contributed by atoms with Crippen LogP contribution in [-0.4, -0.2) is 10.9 Å². The Morgan fingerprint density at radius 2 is 2.06 bits per heavy atom. The Bertz CT molecular complexity index is 596. The number of anilines is 1. The molecule has 4 heteroatoms. The third-order valence-corrected chi connectivity index (χ3v) is 3.30. The van der Waals surface area contributed by atoms with Gasteiger partial charge in [0.15, 0.2) is 0 Å². The number of aryl methyl sites for hydroxylation is 1. The van der Waals surface area contributed by atoms with E-state index in [-0.39, 0.29) is 5.91 Å². The van der Waals surface area contributed by atoms with E-state index >= 15 is 0 Å². The van der Waals surface area contributed by atoms with Gasteiger partial charge in [0.05, 0.1) is 0 Å². The van der Waals surface area contributed by atoms with Gasteiger partial charge in [-0.3, -0.25) is 9.78 Å². The van der Waals surface area contributed by atoms with Gasteiger partial charge >= 0.3 is 0 Å². The molecule has 0 atom stereocenters. The molecule has 1 heterocycles. The van der Waals surface area contributed by atoms with Crippen molar-refractivity contribution >= 4 is 27.5 Å². The van der Waals surface area contributed by atoms with E-state index in [0.29, 0.717) is 5.69 Å². The lowest BCUT2D eigenvalue weighted by Gasteiger charge is -2.09. The normalized spacial score (nSPS) is 10.2. The molecule has 1 N–H and O–H groups in total. The minimum Gasteiger partial charge on any atom is -0.320 e. The highest BCUT2D eigenvalue weighted by Gasteiger charge is 2.09. The van der Waals surface area contributed by atoms with Crippen molar-refractivity contribution in [1.29, 1.82) is 0 Å². The molecule has 0 fully saturated rings. The molecule has 0 radical (unpaired) electrons. The summed E-state index contributed by atoms with van der Waals surface area (Å²) in [4.78, 5) is 16.1. The number of aromatic nitrogens is 1. The SMILES string of the molecule is Cc1cccc(NC(=O)c2cc(Br)ccn2)c1C. The molecule has 1 aromatic carbocycles. The third kappa shape index (κ3) is 2.76. The molecular formula is C14H13BrN2O. The highest BCUT2D eigenvalue weighted by molar-refractivity contribution is 9.10. The smallest absolute Gasteiger partial charge is 0.274 e. The quantitative estimate of drug-likeness (QED) is 0.919. The second-order valence-electron chi connectivity index (χ2n) is 4.06. The van der Waals surface area contributed by atoms with Crippen molar-refractivity contribution in [3.8, 4) is 0 Å². The molecule has 0 saturated heterocycles. The molecule has 0 aliphatic heterocycles. The molecular weight excluding hydrogens is 292 g/mol. The molecule has 0 aliphatic rings. The first kappa shape index (κ1) is 12.8. The molecule has 1 aromatic heterocycles. The predicted molar refractivity (Wildman–Crippen MR) is 75.8 cm³/mol. The summed E-state index contributed by atoms with van der Waals surface area (Å²) in [6, 6.07) is 9.31. The van der Waals surface area contributed by atoms with Crippen LogP contribution in [0.15, 0.2) is 41.0 Å². The average Bonchev–Trinajstić information content (AvgIpc) is 2.35. The number of hydrogen-bond donors (Lipinski definition) is 1. The van der Waals surface area contributed by atoms with Crippen LogP contribution < -0.4 is 5.32 Å². The molecule has 0 bridgehead atoms. The Morgan fingerprint density at radius 1 is 1.28 bits per heavy atom. The van der Waals surface area contributed by atoms with Gasteiger partial charge < -0.3 is 5.32 Å². The fraction of sp³-hybridized carbons (Fsp3) is 0.143. The topological polar surface area (TPSA) is 42.0 Å². The summed E-state index contributed by atoms with van der Waals surface area (Å²) in [6.45, 7) is 4.00. The van der Waals surface area contributed by atoms with Crippen molar-refractivity contribution < 1.29 is 4.79 Å². The summed E-state index contributed by atoms with van der Waals surface area (Å²) in [7, 11) is 0. The highest BCUT2D eigenvalue weighted by Crippen LogP contribution is 2.19. The number of carbonyl (C=O) groups excluding carboxylic acids is 1. The molecule has 3 nitrogen and oxygen atoms in total. The number of pyridine rings is 1. The molecule has 0 spiro atoms. The first-order valence-corrected chi connectivity index (χ1v) is 6.36. The Morgan fingerprint density at radius 3 is 2.78 bits per heavy atom. The number of benzene rings is 1. The first-order chi connectivity index (χ1) is 8.58. The van der Waals surface area contributed by atoms with Gasteiger partial charge in [-0.25, -0.2) is 0 Å². The highest BCUT2D eigenvalue weighted by atomic mass is 79.9. The predicted octanol–water partition coefficient (Wildman–Crippen LogP) is 3.71. The van der Waals surface area contributed by atoms with Crippen LogP contribution in [-0.2, 0) is 0 Å². The zero-order valence-electron chi connectivity index (χ0n) is 10.2. The summed E-state index contributed by atoms with van der Waals surface area (Å²) in [5.41, 5.74) is 3.43. The van der Waals surface area contributed by atoms with E-state index in [1.54, 1.807) is 18.3 Å². The van der Waals surface area contributed by atoms with Gasteiger partial charge in [0.25, 0.3) is 5.91 Å². The number of halogens is 1. The second kappa shape index (κ2) is 5.31. The van der Waals surface area contributed by atoms with Crippen LogP contribution in [0.1, 0.15) is 21.6 Å².